The summed E-state index contributed by atoms with van der Waals surface area (Å²) in [4.78, 5) is 0. The first kappa shape index (κ1) is 12.1. The van der Waals surface area contributed by atoms with Crippen LogP contribution in [0.25, 0.3) is 0 Å². The van der Waals surface area contributed by atoms with Crippen LogP contribution in [-0.4, -0.2) is 5.11 Å². The molecule has 1 aromatic carbocycles. The van der Waals surface area contributed by atoms with Gasteiger partial charge < -0.3 is 5.11 Å². The van der Waals surface area contributed by atoms with Crippen LogP contribution in [0.5, 0.6) is 5.75 Å². The minimum Gasteiger partial charge on any atom is -0.508 e. The Labute approximate surface area is 110 Å². The largest absolute Gasteiger partial charge is 0.508 e. The lowest BCUT2D eigenvalue weighted by atomic mass is 9.64. The van der Waals surface area contributed by atoms with Gasteiger partial charge in [0.05, 0.1) is 0 Å². The molecular formula is C17H24O. The highest BCUT2D eigenvalue weighted by Gasteiger charge is 2.34. The number of phenols is 1. The van der Waals surface area contributed by atoms with Gasteiger partial charge in [0.1, 0.15) is 5.75 Å². The molecule has 1 N–H and O–H groups in total. The quantitative estimate of drug-likeness (QED) is 0.758. The monoisotopic (exact) mass is 244 g/mol. The first-order valence-corrected chi connectivity index (χ1v) is 7.51. The van der Waals surface area contributed by atoms with E-state index in [9.17, 15) is 5.11 Å². The summed E-state index contributed by atoms with van der Waals surface area (Å²) in [6.45, 7) is 2.42. The van der Waals surface area contributed by atoms with Crippen molar-refractivity contribution >= 4 is 0 Å². The van der Waals surface area contributed by atoms with E-state index < -0.39 is 0 Å². The van der Waals surface area contributed by atoms with Crippen LogP contribution in [0.4, 0.5) is 0 Å². The Balaban J connectivity index is 1.68. The molecule has 4 atom stereocenters. The van der Waals surface area contributed by atoms with Gasteiger partial charge in [-0.1, -0.05) is 25.5 Å². The number of fused-ring (bicyclic) bond motifs is 1. The zero-order valence-corrected chi connectivity index (χ0v) is 11.3. The van der Waals surface area contributed by atoms with E-state index >= 15 is 0 Å². The van der Waals surface area contributed by atoms with Crippen molar-refractivity contribution in [3.8, 4) is 5.75 Å². The fourth-order valence-electron chi connectivity index (χ4n) is 4.17. The number of benzene rings is 1. The lowest BCUT2D eigenvalue weighted by Crippen LogP contribution is -2.29. The maximum absolute atomic E-state index is 9.37. The molecule has 98 valence electrons. The Morgan fingerprint density at radius 1 is 0.889 bits per heavy atom. The zero-order chi connectivity index (χ0) is 12.5. The molecule has 0 radical (unpaired) electrons. The molecule has 0 bridgehead atoms. The van der Waals surface area contributed by atoms with Crippen molar-refractivity contribution in [2.45, 2.75) is 51.4 Å². The van der Waals surface area contributed by atoms with Crippen molar-refractivity contribution < 1.29 is 5.11 Å². The number of hydrogen-bond donors (Lipinski definition) is 1. The number of aromatic hydroxyl groups is 1. The molecule has 0 saturated heterocycles. The van der Waals surface area contributed by atoms with E-state index in [2.05, 4.69) is 19.1 Å². The lowest BCUT2D eigenvalue weighted by Gasteiger charge is -2.41. The number of rotatable bonds is 1. The van der Waals surface area contributed by atoms with Crippen LogP contribution in [-0.2, 0) is 0 Å². The Kier molecular flexibility index (Phi) is 3.32. The first-order valence-electron chi connectivity index (χ1n) is 7.51. The fraction of sp³-hybridized carbons (Fsp3) is 0.647. The predicted octanol–water partition coefficient (Wildman–Crippen LogP) is 4.71. The molecule has 3 rings (SSSR count). The highest BCUT2D eigenvalue weighted by Crippen LogP contribution is 2.47. The average Bonchev–Trinajstić information content (AvgIpc) is 2.39. The summed E-state index contributed by atoms with van der Waals surface area (Å²) < 4.78 is 0. The molecule has 0 heterocycles. The highest BCUT2D eigenvalue weighted by atomic mass is 16.3. The van der Waals surface area contributed by atoms with Crippen molar-refractivity contribution in [1.82, 2.24) is 0 Å². The summed E-state index contributed by atoms with van der Waals surface area (Å²) >= 11 is 0. The summed E-state index contributed by atoms with van der Waals surface area (Å²) in [6.07, 6.45) is 8.48. The normalized spacial score (nSPS) is 36.1. The van der Waals surface area contributed by atoms with Gasteiger partial charge in [-0.2, -0.15) is 0 Å². The maximum Gasteiger partial charge on any atom is 0.115 e. The second-order valence-electron chi connectivity index (χ2n) is 6.54. The standard InChI is InChI=1S/C17H24O/c1-12-2-3-16-11-15(5-4-14(16)10-12)13-6-8-17(18)9-7-13/h6-9,12,14-16,18H,2-5,10-11H2,1H3. The number of phenolic OH excluding ortho intramolecular Hbond substituents is 1. The molecule has 0 aromatic heterocycles. The van der Waals surface area contributed by atoms with Crippen molar-refractivity contribution in [3.63, 3.8) is 0 Å². The molecule has 0 amide bonds. The van der Waals surface area contributed by atoms with Crippen molar-refractivity contribution in [2.24, 2.45) is 17.8 Å². The molecule has 0 aliphatic heterocycles. The van der Waals surface area contributed by atoms with Crippen molar-refractivity contribution in [3.05, 3.63) is 29.8 Å². The maximum atomic E-state index is 9.37. The van der Waals surface area contributed by atoms with Gasteiger partial charge in [0.15, 0.2) is 0 Å². The second kappa shape index (κ2) is 4.95. The summed E-state index contributed by atoms with van der Waals surface area (Å²) in [5, 5.41) is 9.37. The number of hydrogen-bond acceptors (Lipinski definition) is 1. The minimum absolute atomic E-state index is 0.388. The Morgan fingerprint density at radius 2 is 1.56 bits per heavy atom. The van der Waals surface area contributed by atoms with Crippen molar-refractivity contribution in [1.29, 1.82) is 0 Å². The van der Waals surface area contributed by atoms with E-state index in [1.54, 1.807) is 0 Å². The predicted molar refractivity (Wildman–Crippen MR) is 74.7 cm³/mol. The van der Waals surface area contributed by atoms with E-state index in [0.29, 0.717) is 5.75 Å². The zero-order valence-electron chi connectivity index (χ0n) is 11.3. The molecular weight excluding hydrogens is 220 g/mol. The van der Waals surface area contributed by atoms with Gasteiger partial charge in [-0.25, -0.2) is 0 Å². The lowest BCUT2D eigenvalue weighted by molar-refractivity contribution is 0.124. The molecule has 2 aliphatic carbocycles. The summed E-state index contributed by atoms with van der Waals surface area (Å²) in [7, 11) is 0. The second-order valence-corrected chi connectivity index (χ2v) is 6.54. The van der Waals surface area contributed by atoms with E-state index in [0.717, 1.165) is 23.7 Å². The Bertz CT molecular complexity index is 395. The van der Waals surface area contributed by atoms with Gasteiger partial charge in [-0.3, -0.25) is 0 Å². The van der Waals surface area contributed by atoms with Crippen LogP contribution in [0.3, 0.4) is 0 Å². The third-order valence-corrected chi connectivity index (χ3v) is 5.24. The molecule has 1 aromatic rings. The summed E-state index contributed by atoms with van der Waals surface area (Å²) in [5.74, 6) is 4.05. The molecule has 4 unspecified atom stereocenters. The van der Waals surface area contributed by atoms with Gasteiger partial charge in [0, 0.05) is 0 Å². The first-order chi connectivity index (χ1) is 8.72. The summed E-state index contributed by atoms with van der Waals surface area (Å²) in [5.41, 5.74) is 1.44. The molecule has 2 fully saturated rings. The minimum atomic E-state index is 0.388. The van der Waals surface area contributed by atoms with Crippen LogP contribution >= 0.6 is 0 Å². The van der Waals surface area contributed by atoms with Crippen LogP contribution in [0.1, 0.15) is 56.9 Å². The molecule has 1 nitrogen and oxygen atoms in total. The third-order valence-electron chi connectivity index (χ3n) is 5.24. The highest BCUT2D eigenvalue weighted by molar-refractivity contribution is 5.28. The van der Waals surface area contributed by atoms with Crippen LogP contribution in [0.15, 0.2) is 24.3 Å². The molecule has 1 heteroatoms. The smallest absolute Gasteiger partial charge is 0.115 e. The Hall–Kier alpha value is -0.980. The van der Waals surface area contributed by atoms with E-state index in [-0.39, 0.29) is 0 Å². The Morgan fingerprint density at radius 3 is 2.33 bits per heavy atom. The van der Waals surface area contributed by atoms with Crippen LogP contribution < -0.4 is 0 Å². The van der Waals surface area contributed by atoms with Gasteiger partial charge in [-0.15, -0.1) is 0 Å². The SMILES string of the molecule is CC1CCC2CC(c3ccc(O)cc3)CCC2C1. The third kappa shape index (κ3) is 2.41. The molecule has 2 saturated carbocycles. The summed E-state index contributed by atoms with van der Waals surface area (Å²) in [6, 6.07) is 7.91. The van der Waals surface area contributed by atoms with Gasteiger partial charge in [0.2, 0.25) is 0 Å². The van der Waals surface area contributed by atoms with E-state index in [1.165, 1.54) is 44.1 Å². The van der Waals surface area contributed by atoms with Crippen LogP contribution in [0.2, 0.25) is 0 Å². The van der Waals surface area contributed by atoms with Gasteiger partial charge in [0.25, 0.3) is 0 Å². The fourth-order valence-corrected chi connectivity index (χ4v) is 4.17. The van der Waals surface area contributed by atoms with E-state index in [4.69, 9.17) is 0 Å². The van der Waals surface area contributed by atoms with Gasteiger partial charge in [-0.05, 0) is 73.5 Å². The molecule has 2 aliphatic rings. The molecule has 0 spiro atoms. The van der Waals surface area contributed by atoms with Crippen LogP contribution in [0, 0.1) is 17.8 Å². The topological polar surface area (TPSA) is 20.2 Å². The van der Waals surface area contributed by atoms with Gasteiger partial charge >= 0.3 is 0 Å². The molecule has 18 heavy (non-hydrogen) atoms. The average molecular weight is 244 g/mol. The van der Waals surface area contributed by atoms with Crippen molar-refractivity contribution in [2.75, 3.05) is 0 Å². The van der Waals surface area contributed by atoms with E-state index in [1.807, 2.05) is 12.1 Å².